The average molecular weight is 384 g/mol. The minimum Gasteiger partial charge on any atom is -0.418 e. The topological polar surface area (TPSA) is 12.5 Å². The lowest BCUT2D eigenvalue weighted by Crippen LogP contribution is -2.63. The van der Waals surface area contributed by atoms with E-state index in [1.54, 1.807) is 10.4 Å². The van der Waals surface area contributed by atoms with Gasteiger partial charge in [0.25, 0.3) is 0 Å². The summed E-state index contributed by atoms with van der Waals surface area (Å²) in [6.45, 7) is 11.4. The lowest BCUT2D eigenvalue weighted by molar-refractivity contribution is 0.240. The van der Waals surface area contributed by atoms with Crippen molar-refractivity contribution in [2.45, 2.75) is 38.2 Å². The van der Waals surface area contributed by atoms with Crippen molar-refractivity contribution in [3.63, 3.8) is 0 Å². The Bertz CT molecular complexity index is 620. The maximum Gasteiger partial charge on any atom is 0.183 e. The second kappa shape index (κ2) is 8.65. The highest BCUT2D eigenvalue weighted by atomic mass is 28.4. The standard InChI is InChI=1S/C22H33NOSi2/c1-25(2,3)24-18-10-15-23-16-19-26(20-17-23,21-11-6-4-7-12-21)22-13-8-5-9-14-22/h4-9,11-14H,10,15-20H2,1-3H3. The molecule has 0 atom stereocenters. The van der Waals surface area contributed by atoms with E-state index in [9.17, 15) is 0 Å². The molecule has 4 heteroatoms. The molecule has 2 aromatic rings. The predicted octanol–water partition coefficient (Wildman–Crippen LogP) is 3.81. The fraction of sp³-hybridized carbons (Fsp3) is 0.455. The zero-order valence-electron chi connectivity index (χ0n) is 16.6. The van der Waals surface area contributed by atoms with E-state index in [1.807, 2.05) is 0 Å². The smallest absolute Gasteiger partial charge is 0.183 e. The third-order valence-electron chi connectivity index (χ3n) is 5.52. The van der Waals surface area contributed by atoms with Crippen LogP contribution in [0, 0.1) is 0 Å². The quantitative estimate of drug-likeness (QED) is 0.532. The minimum absolute atomic E-state index is 0.923. The number of hydrogen-bond donors (Lipinski definition) is 0. The molecule has 140 valence electrons. The van der Waals surface area contributed by atoms with Crippen molar-refractivity contribution >= 4 is 26.8 Å². The van der Waals surface area contributed by atoms with Gasteiger partial charge in [0.05, 0.1) is 0 Å². The molecule has 1 heterocycles. The molecular formula is C22H33NOSi2. The molecule has 1 aliphatic rings. The monoisotopic (exact) mass is 383 g/mol. The van der Waals surface area contributed by atoms with Crippen molar-refractivity contribution < 1.29 is 4.43 Å². The lowest BCUT2D eigenvalue weighted by Gasteiger charge is -2.41. The van der Waals surface area contributed by atoms with Gasteiger partial charge in [-0.15, -0.1) is 0 Å². The van der Waals surface area contributed by atoms with Crippen LogP contribution in [-0.2, 0) is 4.43 Å². The highest BCUT2D eigenvalue weighted by Gasteiger charge is 2.39. The Labute approximate surface area is 161 Å². The van der Waals surface area contributed by atoms with Crippen LogP contribution in [0.4, 0.5) is 0 Å². The molecule has 0 aromatic heterocycles. The average Bonchev–Trinajstić information content (AvgIpc) is 2.66. The summed E-state index contributed by atoms with van der Waals surface area (Å²) < 4.78 is 6.02. The van der Waals surface area contributed by atoms with Crippen molar-refractivity contribution in [2.75, 3.05) is 26.2 Å². The van der Waals surface area contributed by atoms with Crippen molar-refractivity contribution in [3.8, 4) is 0 Å². The van der Waals surface area contributed by atoms with Crippen LogP contribution in [0.25, 0.3) is 0 Å². The van der Waals surface area contributed by atoms with Crippen LogP contribution >= 0.6 is 0 Å². The Hall–Kier alpha value is -1.21. The van der Waals surface area contributed by atoms with Gasteiger partial charge in [0.15, 0.2) is 8.32 Å². The van der Waals surface area contributed by atoms with Crippen molar-refractivity contribution in [2.24, 2.45) is 0 Å². The first-order valence-electron chi connectivity index (χ1n) is 9.97. The Balaban J connectivity index is 1.65. The van der Waals surface area contributed by atoms with Crippen LogP contribution in [0.3, 0.4) is 0 Å². The maximum absolute atomic E-state index is 6.02. The van der Waals surface area contributed by atoms with Gasteiger partial charge < -0.3 is 9.33 Å². The molecule has 2 nitrogen and oxygen atoms in total. The molecule has 0 unspecified atom stereocenters. The number of rotatable bonds is 7. The van der Waals surface area contributed by atoms with Gasteiger partial charge in [-0.1, -0.05) is 71.0 Å². The van der Waals surface area contributed by atoms with Gasteiger partial charge in [-0.2, -0.15) is 0 Å². The first kappa shape index (κ1) is 19.6. The van der Waals surface area contributed by atoms with E-state index in [0.29, 0.717) is 0 Å². The molecule has 1 aliphatic heterocycles. The van der Waals surface area contributed by atoms with Crippen LogP contribution in [0.5, 0.6) is 0 Å². The summed E-state index contributed by atoms with van der Waals surface area (Å²) in [4.78, 5) is 2.66. The van der Waals surface area contributed by atoms with E-state index in [-0.39, 0.29) is 0 Å². The van der Waals surface area contributed by atoms with Crippen molar-refractivity contribution in [3.05, 3.63) is 60.7 Å². The van der Waals surface area contributed by atoms with Crippen molar-refractivity contribution in [1.82, 2.24) is 4.90 Å². The summed E-state index contributed by atoms with van der Waals surface area (Å²) in [6, 6.07) is 25.3. The Kier molecular flexibility index (Phi) is 6.51. The van der Waals surface area contributed by atoms with Gasteiger partial charge in [0, 0.05) is 13.2 Å². The molecule has 2 aromatic carbocycles. The van der Waals surface area contributed by atoms with E-state index in [1.165, 1.54) is 31.7 Å². The fourth-order valence-electron chi connectivity index (χ4n) is 4.08. The fourth-order valence-corrected chi connectivity index (χ4v) is 9.63. The molecule has 0 N–H and O–H groups in total. The molecule has 1 saturated heterocycles. The summed E-state index contributed by atoms with van der Waals surface area (Å²) >= 11 is 0. The number of benzene rings is 2. The molecule has 0 radical (unpaired) electrons. The van der Waals surface area contributed by atoms with E-state index in [2.05, 4.69) is 85.2 Å². The molecule has 0 saturated carbocycles. The summed E-state index contributed by atoms with van der Waals surface area (Å²) in [7, 11) is -2.99. The van der Waals surface area contributed by atoms with Gasteiger partial charge in [-0.25, -0.2) is 0 Å². The van der Waals surface area contributed by atoms with Gasteiger partial charge in [-0.3, -0.25) is 0 Å². The zero-order chi connectivity index (χ0) is 18.5. The summed E-state index contributed by atoms with van der Waals surface area (Å²) in [6.07, 6.45) is 1.16. The Morgan fingerprint density at radius 3 is 1.81 bits per heavy atom. The highest BCUT2D eigenvalue weighted by molar-refractivity contribution is 7.02. The summed E-state index contributed by atoms with van der Waals surface area (Å²) in [5, 5.41) is 3.21. The predicted molar refractivity (Wildman–Crippen MR) is 118 cm³/mol. The zero-order valence-corrected chi connectivity index (χ0v) is 18.6. The van der Waals surface area contributed by atoms with Gasteiger partial charge in [0.2, 0.25) is 0 Å². The van der Waals surface area contributed by atoms with E-state index < -0.39 is 16.4 Å². The molecule has 1 fully saturated rings. The second-order valence-corrected chi connectivity index (χ2v) is 17.3. The minimum atomic E-state index is -1.62. The highest BCUT2D eigenvalue weighted by Crippen LogP contribution is 2.23. The molecule has 0 bridgehead atoms. The van der Waals surface area contributed by atoms with Gasteiger partial charge >= 0.3 is 0 Å². The van der Waals surface area contributed by atoms with Crippen molar-refractivity contribution in [1.29, 1.82) is 0 Å². The third kappa shape index (κ3) is 4.94. The Morgan fingerprint density at radius 1 is 0.846 bits per heavy atom. The second-order valence-electron chi connectivity index (χ2n) is 8.47. The first-order chi connectivity index (χ1) is 12.5. The summed E-state index contributed by atoms with van der Waals surface area (Å²) in [5.74, 6) is 0. The van der Waals surface area contributed by atoms with Gasteiger partial charge in [0.1, 0.15) is 8.07 Å². The largest absolute Gasteiger partial charge is 0.418 e. The lowest BCUT2D eigenvalue weighted by atomic mass is 10.3. The summed E-state index contributed by atoms with van der Waals surface area (Å²) in [5.41, 5.74) is 0. The maximum atomic E-state index is 6.02. The van der Waals surface area contributed by atoms with Gasteiger partial charge in [-0.05, 0) is 51.2 Å². The van der Waals surface area contributed by atoms with Crippen LogP contribution in [0.2, 0.25) is 31.7 Å². The third-order valence-corrected chi connectivity index (χ3v) is 11.6. The molecule has 26 heavy (non-hydrogen) atoms. The molecule has 0 spiro atoms. The van der Waals surface area contributed by atoms with Crippen LogP contribution in [0.15, 0.2) is 60.7 Å². The van der Waals surface area contributed by atoms with Crippen LogP contribution in [-0.4, -0.2) is 47.5 Å². The van der Waals surface area contributed by atoms with E-state index >= 15 is 0 Å². The van der Waals surface area contributed by atoms with E-state index in [0.717, 1.165) is 13.0 Å². The van der Waals surface area contributed by atoms with E-state index in [4.69, 9.17) is 4.43 Å². The first-order valence-corrected chi connectivity index (χ1v) is 15.8. The van der Waals surface area contributed by atoms with Crippen LogP contribution < -0.4 is 10.4 Å². The molecular weight excluding hydrogens is 350 g/mol. The molecule has 0 aliphatic carbocycles. The number of nitrogens with zero attached hydrogens (tertiary/aromatic N) is 1. The Morgan fingerprint density at radius 2 is 1.35 bits per heavy atom. The SMILES string of the molecule is C[Si](C)(C)OCCCN1CC[Si](c2ccccc2)(c2ccccc2)CC1. The normalized spacial score (nSPS) is 18.0. The van der Waals surface area contributed by atoms with Crippen LogP contribution in [0.1, 0.15) is 6.42 Å². The molecule has 0 amide bonds. The molecule has 3 rings (SSSR count). The number of hydrogen-bond acceptors (Lipinski definition) is 2.